The molecular weight excluding hydrogens is 458 g/mol. The normalized spacial score (nSPS) is 17.7. The van der Waals surface area contributed by atoms with Crippen molar-refractivity contribution in [1.82, 2.24) is 4.90 Å². The fourth-order valence-corrected chi connectivity index (χ4v) is 5.58. The van der Waals surface area contributed by atoms with Crippen molar-refractivity contribution in [3.63, 3.8) is 0 Å². The van der Waals surface area contributed by atoms with Gasteiger partial charge in [-0.15, -0.1) is 11.3 Å². The summed E-state index contributed by atoms with van der Waals surface area (Å²) in [6.07, 6.45) is 12.1. The van der Waals surface area contributed by atoms with Crippen LogP contribution >= 0.6 is 11.3 Å². The van der Waals surface area contributed by atoms with Crippen LogP contribution in [-0.4, -0.2) is 47.7 Å². The molecule has 1 amide bonds. The Labute approximate surface area is 213 Å². The number of carbonyl (C=O) groups excluding carboxylic acids is 2. The Morgan fingerprint density at radius 1 is 1.14 bits per heavy atom. The summed E-state index contributed by atoms with van der Waals surface area (Å²) >= 11 is 1.45. The molecule has 2 heterocycles. The highest BCUT2D eigenvalue weighted by Gasteiger charge is 2.28. The lowest BCUT2D eigenvalue weighted by molar-refractivity contribution is -0.128. The molecule has 1 N–H and O–H groups in total. The molecule has 1 saturated heterocycles. The molecule has 0 radical (unpaired) electrons. The summed E-state index contributed by atoms with van der Waals surface area (Å²) in [7, 11) is 1.39. The summed E-state index contributed by atoms with van der Waals surface area (Å²) in [5.74, 6) is 0.0829. The van der Waals surface area contributed by atoms with E-state index in [1.54, 1.807) is 6.07 Å². The van der Waals surface area contributed by atoms with E-state index >= 15 is 0 Å². The number of thiophene rings is 1. The summed E-state index contributed by atoms with van der Waals surface area (Å²) in [6.45, 7) is 2.79. The fraction of sp³-hybridized carbons (Fsp3) is 0.517. The number of unbranched alkanes of at least 4 members (excludes halogenated alkanes) is 2. The van der Waals surface area contributed by atoms with Gasteiger partial charge in [-0.2, -0.15) is 0 Å². The molecule has 1 fully saturated rings. The van der Waals surface area contributed by atoms with Gasteiger partial charge < -0.3 is 14.7 Å². The lowest BCUT2D eigenvalue weighted by Crippen LogP contribution is -2.33. The number of aryl methyl sites for hydroxylation is 2. The number of hydrogen-bond acceptors (Lipinski definition) is 5. The first-order valence-corrected chi connectivity index (χ1v) is 13.7. The molecular formula is C29H39NO4S. The number of nitrogens with zero attached hydrogens (tertiary/aromatic N) is 1. The van der Waals surface area contributed by atoms with Crippen LogP contribution in [0.25, 0.3) is 0 Å². The summed E-state index contributed by atoms with van der Waals surface area (Å²) in [5, 5.41) is 10.6. The molecule has 0 spiro atoms. The Hall–Kier alpha value is -2.44. The number of ether oxygens (including phenoxy) is 1. The number of benzene rings is 1. The number of likely N-dealkylation sites (tertiary alicyclic amines) is 1. The largest absolute Gasteiger partial charge is 0.465 e. The average Bonchev–Trinajstić information content (AvgIpc) is 3.49. The van der Waals surface area contributed by atoms with Crippen molar-refractivity contribution >= 4 is 23.2 Å². The van der Waals surface area contributed by atoms with Crippen molar-refractivity contribution in [2.45, 2.75) is 76.9 Å². The van der Waals surface area contributed by atoms with Crippen LogP contribution < -0.4 is 0 Å². The minimum Gasteiger partial charge on any atom is -0.465 e. The van der Waals surface area contributed by atoms with Crippen LogP contribution in [0.2, 0.25) is 0 Å². The van der Waals surface area contributed by atoms with Gasteiger partial charge in [0.15, 0.2) is 0 Å². The van der Waals surface area contributed by atoms with Gasteiger partial charge in [0.05, 0.1) is 19.3 Å². The highest BCUT2D eigenvalue weighted by atomic mass is 32.1. The average molecular weight is 498 g/mol. The SMILES string of the molecule is COC(=O)c1ccc(CCCN2C(=O)CC[C@@H]2/C=C/[C@@H](O)[C@@H](C)CCCCCc2ccccc2)s1. The second-order valence-corrected chi connectivity index (χ2v) is 10.7. The number of hydrogen-bond donors (Lipinski definition) is 1. The van der Waals surface area contributed by atoms with Crippen molar-refractivity contribution in [1.29, 1.82) is 0 Å². The van der Waals surface area contributed by atoms with E-state index in [1.807, 2.05) is 23.1 Å². The van der Waals surface area contributed by atoms with E-state index in [1.165, 1.54) is 36.9 Å². The Balaban J connectivity index is 1.37. The molecule has 1 aliphatic heterocycles. The summed E-state index contributed by atoms with van der Waals surface area (Å²) < 4.78 is 4.77. The summed E-state index contributed by atoms with van der Waals surface area (Å²) in [5.41, 5.74) is 1.39. The van der Waals surface area contributed by atoms with Gasteiger partial charge in [-0.25, -0.2) is 4.79 Å². The van der Waals surface area contributed by atoms with Crippen LogP contribution in [0.1, 0.15) is 72.0 Å². The standard InChI is InChI=1S/C29H39NO4S/c1-22(10-5-3-6-11-23-12-7-4-8-13-23)26(31)18-15-24-16-20-28(32)30(24)21-9-14-25-17-19-27(35-25)29(33)34-2/h4,7-8,12-13,15,17-19,22,24,26,31H,3,5-6,9-11,14,16,20-21H2,1-2H3/b18-15+/t22-,24-,26+/m0/s1. The van der Waals surface area contributed by atoms with Crippen molar-refractivity contribution < 1.29 is 19.4 Å². The number of rotatable bonds is 14. The molecule has 0 bridgehead atoms. The van der Waals surface area contributed by atoms with Gasteiger partial charge in [0, 0.05) is 17.8 Å². The highest BCUT2D eigenvalue weighted by Crippen LogP contribution is 2.24. The number of esters is 1. The molecule has 6 heteroatoms. The molecule has 0 aliphatic carbocycles. The van der Waals surface area contributed by atoms with Crippen LogP contribution in [-0.2, 0) is 22.4 Å². The van der Waals surface area contributed by atoms with Crippen molar-refractivity contribution in [3.8, 4) is 0 Å². The highest BCUT2D eigenvalue weighted by molar-refractivity contribution is 7.13. The van der Waals surface area contributed by atoms with Crippen LogP contribution in [0.4, 0.5) is 0 Å². The first kappa shape index (κ1) is 27.2. The lowest BCUT2D eigenvalue weighted by atomic mass is 9.95. The first-order valence-electron chi connectivity index (χ1n) is 12.8. The van der Waals surface area contributed by atoms with Crippen LogP contribution in [0.5, 0.6) is 0 Å². The second-order valence-electron chi connectivity index (χ2n) is 9.49. The zero-order valence-electron chi connectivity index (χ0n) is 21.0. The van der Waals surface area contributed by atoms with Gasteiger partial charge in [-0.05, 0) is 62.1 Å². The Bertz CT molecular complexity index is 955. The Morgan fingerprint density at radius 3 is 2.71 bits per heavy atom. The van der Waals surface area contributed by atoms with Gasteiger partial charge in [-0.3, -0.25) is 4.79 Å². The van der Waals surface area contributed by atoms with Crippen molar-refractivity contribution in [2.75, 3.05) is 13.7 Å². The van der Waals surface area contributed by atoms with Crippen LogP contribution in [0, 0.1) is 5.92 Å². The van der Waals surface area contributed by atoms with Gasteiger partial charge in [0.1, 0.15) is 4.88 Å². The van der Waals surface area contributed by atoms with Crippen molar-refractivity contribution in [2.24, 2.45) is 5.92 Å². The third-order valence-electron chi connectivity index (χ3n) is 6.83. The van der Waals surface area contributed by atoms with E-state index in [0.29, 0.717) is 17.8 Å². The summed E-state index contributed by atoms with van der Waals surface area (Å²) in [4.78, 5) is 27.7. The Morgan fingerprint density at radius 2 is 1.94 bits per heavy atom. The predicted molar refractivity (Wildman–Crippen MR) is 142 cm³/mol. The maximum absolute atomic E-state index is 12.4. The smallest absolute Gasteiger partial charge is 0.348 e. The van der Waals surface area contributed by atoms with E-state index in [-0.39, 0.29) is 23.8 Å². The summed E-state index contributed by atoms with van der Waals surface area (Å²) in [6, 6.07) is 14.4. The number of aliphatic hydroxyl groups is 1. The van der Waals surface area contributed by atoms with Gasteiger partial charge >= 0.3 is 5.97 Å². The predicted octanol–water partition coefficient (Wildman–Crippen LogP) is 5.81. The molecule has 3 atom stereocenters. The van der Waals surface area contributed by atoms with Gasteiger partial charge in [-0.1, -0.05) is 62.2 Å². The maximum atomic E-state index is 12.4. The molecule has 190 valence electrons. The van der Waals surface area contributed by atoms with E-state index in [4.69, 9.17) is 4.74 Å². The number of carbonyl (C=O) groups is 2. The topological polar surface area (TPSA) is 66.8 Å². The van der Waals surface area contributed by atoms with Crippen molar-refractivity contribution in [3.05, 3.63) is 69.9 Å². The molecule has 0 unspecified atom stereocenters. The van der Waals surface area contributed by atoms with Gasteiger partial charge in [0.2, 0.25) is 5.91 Å². The minimum atomic E-state index is -0.482. The van der Waals surface area contributed by atoms with Gasteiger partial charge in [0.25, 0.3) is 0 Å². The lowest BCUT2D eigenvalue weighted by Gasteiger charge is -2.23. The number of methoxy groups -OCH3 is 1. The number of amides is 1. The molecule has 1 aromatic heterocycles. The molecule has 35 heavy (non-hydrogen) atoms. The first-order chi connectivity index (χ1) is 17.0. The minimum absolute atomic E-state index is 0.0594. The third-order valence-corrected chi connectivity index (χ3v) is 7.95. The molecule has 5 nitrogen and oxygen atoms in total. The van der Waals surface area contributed by atoms with E-state index in [0.717, 1.165) is 43.4 Å². The third kappa shape index (κ3) is 8.62. The second kappa shape index (κ2) is 14.2. The maximum Gasteiger partial charge on any atom is 0.348 e. The Kier molecular flexibility index (Phi) is 11.0. The van der Waals surface area contributed by atoms with E-state index in [9.17, 15) is 14.7 Å². The fourth-order valence-electron chi connectivity index (χ4n) is 4.61. The zero-order valence-corrected chi connectivity index (χ0v) is 21.8. The molecule has 2 aromatic rings. The zero-order chi connectivity index (χ0) is 25.0. The van der Waals surface area contributed by atoms with E-state index < -0.39 is 6.10 Å². The molecule has 1 aliphatic rings. The monoisotopic (exact) mass is 497 g/mol. The van der Waals surface area contributed by atoms with Crippen LogP contribution in [0.3, 0.4) is 0 Å². The molecule has 3 rings (SSSR count). The quantitative estimate of drug-likeness (QED) is 0.203. The van der Waals surface area contributed by atoms with Crippen LogP contribution in [0.15, 0.2) is 54.6 Å². The number of aliphatic hydroxyl groups excluding tert-OH is 1. The molecule has 0 saturated carbocycles. The molecule has 1 aromatic carbocycles. The van der Waals surface area contributed by atoms with E-state index in [2.05, 4.69) is 37.3 Å².